The first-order chi connectivity index (χ1) is 14.6. The van der Waals surface area contributed by atoms with Crippen molar-refractivity contribution in [3.63, 3.8) is 0 Å². The molecule has 0 aromatic heterocycles. The third-order valence-electron chi connectivity index (χ3n) is 5.32. The molecule has 4 nitrogen and oxygen atoms in total. The predicted octanol–water partition coefficient (Wildman–Crippen LogP) is 5.00. The first kappa shape index (κ1) is 20.2. The third-order valence-corrected chi connectivity index (χ3v) is 5.32. The van der Waals surface area contributed by atoms with Gasteiger partial charge in [-0.1, -0.05) is 60.7 Å². The van der Waals surface area contributed by atoms with Crippen LogP contribution in [-0.2, 0) is 11.2 Å². The quantitative estimate of drug-likeness (QED) is 0.558. The highest BCUT2D eigenvalue weighted by molar-refractivity contribution is 5.88. The van der Waals surface area contributed by atoms with Crippen LogP contribution in [-0.4, -0.2) is 31.3 Å². The Labute approximate surface area is 178 Å². The fourth-order valence-corrected chi connectivity index (χ4v) is 3.74. The molecule has 2 unspecified atom stereocenters. The van der Waals surface area contributed by atoms with Crippen LogP contribution in [0.5, 0.6) is 11.5 Å². The summed E-state index contributed by atoms with van der Waals surface area (Å²) in [7, 11) is 4.13. The summed E-state index contributed by atoms with van der Waals surface area (Å²) >= 11 is 0. The van der Waals surface area contributed by atoms with Crippen LogP contribution >= 0.6 is 0 Å². The number of nitrogens with zero attached hydrogens (tertiary/aromatic N) is 1. The van der Waals surface area contributed by atoms with Gasteiger partial charge in [-0.25, -0.2) is 0 Å². The van der Waals surface area contributed by atoms with Gasteiger partial charge in [0.25, 0.3) is 0 Å². The molecular weight excluding hydrogens is 374 g/mol. The zero-order chi connectivity index (χ0) is 20.9. The molecule has 1 heterocycles. The normalized spacial score (nSPS) is 16.6. The van der Waals surface area contributed by atoms with Crippen LogP contribution in [0.25, 0.3) is 0 Å². The van der Waals surface area contributed by atoms with Crippen molar-refractivity contribution < 1.29 is 14.3 Å². The summed E-state index contributed by atoms with van der Waals surface area (Å²) in [6.45, 7) is 0.921. The fraction of sp³-hybridized carbons (Fsp3) is 0.269. The molecule has 30 heavy (non-hydrogen) atoms. The standard InChI is InChI=1S/C26H27NO3/c1-27(2)16-15-25(19-9-5-3-6-10-19)29-22-13-14-24-21(17-22)18-23(28)26(30-24)20-11-7-4-8-12-20/h3-14,17,25-26H,15-16,18H2,1-2H3. The van der Waals surface area contributed by atoms with E-state index in [-0.39, 0.29) is 11.9 Å². The van der Waals surface area contributed by atoms with Crippen molar-refractivity contribution in [3.8, 4) is 11.5 Å². The summed E-state index contributed by atoms with van der Waals surface area (Å²) in [5.41, 5.74) is 2.92. The number of hydrogen-bond donors (Lipinski definition) is 0. The maximum atomic E-state index is 12.7. The molecule has 0 N–H and O–H groups in total. The van der Waals surface area contributed by atoms with Gasteiger partial charge in [0.2, 0.25) is 0 Å². The van der Waals surface area contributed by atoms with Crippen LogP contribution in [0.15, 0.2) is 78.9 Å². The number of hydrogen-bond acceptors (Lipinski definition) is 4. The highest BCUT2D eigenvalue weighted by atomic mass is 16.5. The van der Waals surface area contributed by atoms with Crippen LogP contribution in [0, 0.1) is 0 Å². The molecule has 0 saturated heterocycles. The number of rotatable bonds is 7. The zero-order valence-corrected chi connectivity index (χ0v) is 17.5. The van der Waals surface area contributed by atoms with Gasteiger partial charge in [-0.05, 0) is 43.4 Å². The number of fused-ring (bicyclic) bond motifs is 1. The van der Waals surface area contributed by atoms with Gasteiger partial charge in [0.15, 0.2) is 11.9 Å². The van der Waals surface area contributed by atoms with Gasteiger partial charge in [-0.3, -0.25) is 4.79 Å². The van der Waals surface area contributed by atoms with Crippen molar-refractivity contribution >= 4 is 5.78 Å². The molecule has 3 aromatic rings. The van der Waals surface area contributed by atoms with Gasteiger partial charge in [0.05, 0.1) is 0 Å². The molecule has 2 atom stereocenters. The maximum Gasteiger partial charge on any atom is 0.182 e. The zero-order valence-electron chi connectivity index (χ0n) is 17.5. The van der Waals surface area contributed by atoms with Crippen LogP contribution < -0.4 is 9.47 Å². The van der Waals surface area contributed by atoms with Crippen molar-refractivity contribution in [2.75, 3.05) is 20.6 Å². The molecule has 3 aromatic carbocycles. The van der Waals surface area contributed by atoms with E-state index in [9.17, 15) is 4.79 Å². The van der Waals surface area contributed by atoms with E-state index in [1.807, 2.05) is 66.7 Å². The van der Waals surface area contributed by atoms with E-state index < -0.39 is 6.10 Å². The van der Waals surface area contributed by atoms with Gasteiger partial charge in [0, 0.05) is 24.9 Å². The van der Waals surface area contributed by atoms with E-state index in [0.29, 0.717) is 6.42 Å². The minimum Gasteiger partial charge on any atom is -0.486 e. The number of Topliss-reactive ketones (excluding diaryl/α,β-unsaturated/α-hetero) is 1. The summed E-state index contributed by atoms with van der Waals surface area (Å²) in [6, 6.07) is 25.7. The molecule has 0 bridgehead atoms. The van der Waals surface area contributed by atoms with E-state index in [2.05, 4.69) is 31.1 Å². The van der Waals surface area contributed by atoms with E-state index in [4.69, 9.17) is 9.47 Å². The highest BCUT2D eigenvalue weighted by Gasteiger charge is 2.29. The van der Waals surface area contributed by atoms with Crippen LogP contribution in [0.1, 0.15) is 35.3 Å². The second kappa shape index (κ2) is 9.14. The lowest BCUT2D eigenvalue weighted by molar-refractivity contribution is -0.126. The van der Waals surface area contributed by atoms with Crippen molar-refractivity contribution in [3.05, 3.63) is 95.6 Å². The van der Waals surface area contributed by atoms with Gasteiger partial charge >= 0.3 is 0 Å². The largest absolute Gasteiger partial charge is 0.486 e. The van der Waals surface area contributed by atoms with Crippen LogP contribution in [0.4, 0.5) is 0 Å². The Balaban J connectivity index is 1.53. The number of benzene rings is 3. The van der Waals surface area contributed by atoms with E-state index in [0.717, 1.165) is 41.2 Å². The third kappa shape index (κ3) is 4.71. The smallest absolute Gasteiger partial charge is 0.182 e. The number of ether oxygens (including phenoxy) is 2. The highest BCUT2D eigenvalue weighted by Crippen LogP contribution is 2.36. The van der Waals surface area contributed by atoms with Gasteiger partial charge in [-0.2, -0.15) is 0 Å². The van der Waals surface area contributed by atoms with Crippen molar-refractivity contribution in [2.24, 2.45) is 0 Å². The first-order valence-electron chi connectivity index (χ1n) is 10.3. The topological polar surface area (TPSA) is 38.8 Å². The van der Waals surface area contributed by atoms with E-state index in [1.165, 1.54) is 0 Å². The summed E-state index contributed by atoms with van der Waals surface area (Å²) in [5, 5.41) is 0. The minimum atomic E-state index is -0.539. The molecule has 0 aliphatic carbocycles. The molecule has 4 heteroatoms. The Morgan fingerprint density at radius 2 is 1.70 bits per heavy atom. The molecule has 0 fully saturated rings. The summed E-state index contributed by atoms with van der Waals surface area (Å²) in [6.07, 6.45) is 0.630. The average Bonchev–Trinajstić information content (AvgIpc) is 2.77. The van der Waals surface area contributed by atoms with Gasteiger partial charge in [-0.15, -0.1) is 0 Å². The Kier molecular flexibility index (Phi) is 6.15. The SMILES string of the molecule is CN(C)CCC(Oc1ccc2c(c1)CC(=O)C(c1ccccc1)O2)c1ccccc1. The van der Waals surface area contributed by atoms with Gasteiger partial charge < -0.3 is 14.4 Å². The summed E-state index contributed by atoms with van der Waals surface area (Å²) in [5.74, 6) is 1.58. The molecule has 154 valence electrons. The Morgan fingerprint density at radius 3 is 2.40 bits per heavy atom. The second-order valence-corrected chi connectivity index (χ2v) is 7.93. The number of ketones is 1. The second-order valence-electron chi connectivity index (χ2n) is 7.93. The van der Waals surface area contributed by atoms with Crippen molar-refractivity contribution in [2.45, 2.75) is 25.0 Å². The number of carbonyl (C=O) groups excluding carboxylic acids is 1. The first-order valence-corrected chi connectivity index (χ1v) is 10.3. The van der Waals surface area contributed by atoms with Crippen molar-refractivity contribution in [1.82, 2.24) is 4.90 Å². The minimum absolute atomic E-state index is 0.0519. The predicted molar refractivity (Wildman–Crippen MR) is 118 cm³/mol. The molecule has 0 amide bonds. The molecule has 0 radical (unpaired) electrons. The molecule has 0 saturated carbocycles. The summed E-state index contributed by atoms with van der Waals surface area (Å²) in [4.78, 5) is 14.9. The van der Waals surface area contributed by atoms with Crippen LogP contribution in [0.3, 0.4) is 0 Å². The lowest BCUT2D eigenvalue weighted by Gasteiger charge is -2.26. The van der Waals surface area contributed by atoms with Gasteiger partial charge in [0.1, 0.15) is 17.6 Å². The Bertz CT molecular complexity index is 986. The Hall–Kier alpha value is -3.11. The lowest BCUT2D eigenvalue weighted by Crippen LogP contribution is -2.25. The monoisotopic (exact) mass is 401 g/mol. The average molecular weight is 402 g/mol. The summed E-state index contributed by atoms with van der Waals surface area (Å²) < 4.78 is 12.4. The molecule has 1 aliphatic heterocycles. The molecule has 1 aliphatic rings. The maximum absolute atomic E-state index is 12.7. The lowest BCUT2D eigenvalue weighted by atomic mass is 9.96. The van der Waals surface area contributed by atoms with Crippen molar-refractivity contribution in [1.29, 1.82) is 0 Å². The van der Waals surface area contributed by atoms with Crippen LogP contribution in [0.2, 0.25) is 0 Å². The Morgan fingerprint density at radius 1 is 1.00 bits per heavy atom. The molecular formula is C26H27NO3. The molecule has 0 spiro atoms. The number of carbonyl (C=O) groups is 1. The fourth-order valence-electron chi connectivity index (χ4n) is 3.74. The van der Waals surface area contributed by atoms with E-state index >= 15 is 0 Å². The molecule has 4 rings (SSSR count). The van der Waals surface area contributed by atoms with E-state index in [1.54, 1.807) is 0 Å².